The minimum absolute atomic E-state index is 0.0530. The summed E-state index contributed by atoms with van der Waals surface area (Å²) in [4.78, 5) is 30.9. The van der Waals surface area contributed by atoms with Crippen LogP contribution in [0.2, 0.25) is 0 Å². The van der Waals surface area contributed by atoms with Gasteiger partial charge in [-0.3, -0.25) is 19.4 Å². The standard InChI is InChI=1S/2C36H41F6NO2/c2*1-5-33(25-11-15-31(16-12-25)36(40,41)42)43-17-7-8-26(22-43)28-19-27(24-9-13-30(14-10-24)35(37,38)39)20-29(21-28)32(18-23(3)4)34(44)45-6-2/h2*9-16,19-21,23,26,32-33H,5-8,17-18,22H2,1-4H3/t2*26?,32-,33?/m10/s1. The smallest absolute Gasteiger partial charge is 0.416 e. The highest BCUT2D eigenvalue weighted by Crippen LogP contribution is 2.43. The van der Waals surface area contributed by atoms with Crippen LogP contribution in [0, 0.1) is 11.8 Å². The van der Waals surface area contributed by atoms with E-state index in [1.165, 1.54) is 24.3 Å². The Hall–Kier alpha value is -6.66. The largest absolute Gasteiger partial charge is 0.466 e. The molecule has 2 heterocycles. The lowest BCUT2D eigenvalue weighted by atomic mass is 9.82. The molecule has 4 unspecified atom stereocenters. The van der Waals surface area contributed by atoms with Crippen LogP contribution in [0.3, 0.4) is 0 Å². The van der Waals surface area contributed by atoms with E-state index in [-0.39, 0.29) is 60.9 Å². The van der Waals surface area contributed by atoms with E-state index < -0.39 is 58.8 Å². The second kappa shape index (κ2) is 30.6. The van der Waals surface area contributed by atoms with Gasteiger partial charge in [-0.1, -0.05) is 126 Å². The molecule has 2 aliphatic heterocycles. The van der Waals surface area contributed by atoms with Crippen molar-refractivity contribution in [2.45, 2.75) is 167 Å². The number of halogens is 12. The molecule has 0 amide bonds. The molecule has 18 heteroatoms. The Labute approximate surface area is 521 Å². The summed E-state index contributed by atoms with van der Waals surface area (Å²) >= 11 is 0. The lowest BCUT2D eigenvalue weighted by Gasteiger charge is -2.39. The third-order valence-electron chi connectivity index (χ3n) is 17.2. The van der Waals surface area contributed by atoms with Crippen LogP contribution < -0.4 is 0 Å². The van der Waals surface area contributed by atoms with Crippen molar-refractivity contribution >= 4 is 11.9 Å². The fourth-order valence-corrected chi connectivity index (χ4v) is 12.7. The Bertz CT molecular complexity index is 3050. The predicted octanol–water partition coefficient (Wildman–Crippen LogP) is 20.8. The van der Waals surface area contributed by atoms with Gasteiger partial charge in [0.25, 0.3) is 0 Å². The first-order valence-corrected chi connectivity index (χ1v) is 31.2. The Morgan fingerprint density at radius 3 is 0.989 bits per heavy atom. The molecule has 6 atom stereocenters. The first kappa shape index (κ1) is 70.8. The number of hydrogen-bond donors (Lipinski definition) is 0. The Kier molecular flexibility index (Phi) is 24.1. The van der Waals surface area contributed by atoms with E-state index in [9.17, 15) is 62.3 Å². The van der Waals surface area contributed by atoms with E-state index in [2.05, 4.69) is 9.80 Å². The second-order valence-corrected chi connectivity index (χ2v) is 24.6. The number of rotatable bonds is 20. The molecule has 0 bridgehead atoms. The minimum Gasteiger partial charge on any atom is -0.466 e. The lowest BCUT2D eigenvalue weighted by Crippen LogP contribution is -2.37. The van der Waals surface area contributed by atoms with Gasteiger partial charge >= 0.3 is 36.6 Å². The van der Waals surface area contributed by atoms with Gasteiger partial charge < -0.3 is 9.47 Å². The summed E-state index contributed by atoms with van der Waals surface area (Å²) in [7, 11) is 0. The topological polar surface area (TPSA) is 59.1 Å². The van der Waals surface area contributed by atoms with E-state index in [0.29, 0.717) is 49.9 Å². The first-order valence-electron chi connectivity index (χ1n) is 31.2. The van der Waals surface area contributed by atoms with Crippen molar-refractivity contribution in [1.82, 2.24) is 9.80 Å². The maximum absolute atomic E-state index is 13.3. The van der Waals surface area contributed by atoms with Crippen LogP contribution in [0.1, 0.15) is 198 Å². The van der Waals surface area contributed by atoms with Gasteiger partial charge in [-0.05, 0) is 206 Å². The number of alkyl halides is 12. The molecular formula is C72H82F12N2O4. The van der Waals surface area contributed by atoms with Crippen molar-refractivity contribution in [3.8, 4) is 22.3 Å². The minimum atomic E-state index is -4.45. The molecule has 2 aliphatic rings. The van der Waals surface area contributed by atoms with E-state index in [1.807, 2.05) is 77.9 Å². The molecule has 488 valence electrons. The van der Waals surface area contributed by atoms with Crippen LogP contribution in [-0.2, 0) is 43.8 Å². The highest BCUT2D eigenvalue weighted by Gasteiger charge is 2.36. The molecule has 0 radical (unpaired) electrons. The zero-order valence-corrected chi connectivity index (χ0v) is 52.3. The highest BCUT2D eigenvalue weighted by atomic mass is 19.4. The summed E-state index contributed by atoms with van der Waals surface area (Å²) < 4.78 is 170. The Balaban J connectivity index is 0.000000256. The van der Waals surface area contributed by atoms with Gasteiger partial charge in [0.05, 0.1) is 47.3 Å². The van der Waals surface area contributed by atoms with Crippen molar-refractivity contribution < 1.29 is 71.7 Å². The van der Waals surface area contributed by atoms with Crippen molar-refractivity contribution in [3.63, 3.8) is 0 Å². The molecule has 0 spiro atoms. The third kappa shape index (κ3) is 18.7. The number of ether oxygens (including phenoxy) is 2. The average molecular weight is 1270 g/mol. The van der Waals surface area contributed by atoms with Crippen LogP contribution >= 0.6 is 0 Å². The van der Waals surface area contributed by atoms with Crippen molar-refractivity contribution in [1.29, 1.82) is 0 Å². The van der Waals surface area contributed by atoms with Crippen LogP contribution in [-0.4, -0.2) is 61.1 Å². The van der Waals surface area contributed by atoms with Gasteiger partial charge in [0.15, 0.2) is 0 Å². The molecule has 6 aromatic carbocycles. The van der Waals surface area contributed by atoms with Gasteiger partial charge in [-0.25, -0.2) is 0 Å². The number of nitrogens with zero attached hydrogens (tertiary/aromatic N) is 2. The van der Waals surface area contributed by atoms with E-state index in [1.54, 1.807) is 38.1 Å². The van der Waals surface area contributed by atoms with Crippen molar-refractivity contribution in [2.24, 2.45) is 11.8 Å². The van der Waals surface area contributed by atoms with Gasteiger partial charge in [0, 0.05) is 25.2 Å². The lowest BCUT2D eigenvalue weighted by molar-refractivity contribution is -0.146. The molecule has 2 fully saturated rings. The number of carbonyl (C=O) groups is 2. The molecule has 2 saturated heterocycles. The zero-order chi connectivity index (χ0) is 65.9. The van der Waals surface area contributed by atoms with E-state index in [4.69, 9.17) is 9.47 Å². The van der Waals surface area contributed by atoms with E-state index in [0.717, 1.165) is 132 Å². The molecule has 6 aromatic rings. The first-order chi connectivity index (χ1) is 42.4. The molecule has 90 heavy (non-hydrogen) atoms. The number of piperidine rings is 2. The summed E-state index contributed by atoms with van der Waals surface area (Å²) in [6.45, 7) is 19.0. The van der Waals surface area contributed by atoms with Gasteiger partial charge in [-0.15, -0.1) is 0 Å². The summed E-state index contributed by atoms with van der Waals surface area (Å²) in [5.41, 5.74) is 4.99. The number of likely N-dealkylation sites (tertiary alicyclic amines) is 2. The van der Waals surface area contributed by atoms with Crippen LogP contribution in [0.4, 0.5) is 52.7 Å². The predicted molar refractivity (Wildman–Crippen MR) is 327 cm³/mol. The second-order valence-electron chi connectivity index (χ2n) is 24.6. The molecule has 0 aliphatic carbocycles. The molecule has 6 nitrogen and oxygen atoms in total. The van der Waals surface area contributed by atoms with Crippen molar-refractivity contribution in [2.75, 3.05) is 39.4 Å². The third-order valence-corrected chi connectivity index (χ3v) is 17.2. The maximum Gasteiger partial charge on any atom is 0.416 e. The fraction of sp³-hybridized carbons (Fsp3) is 0.472. The normalized spacial score (nSPS) is 17.7. The SMILES string of the molecule is CCOC(=O)[C@@H](CC(C)C)c1cc(-c2ccc(C(F)(F)F)cc2)cc(C2CCCN(C(CC)c3ccc(C(F)(F)F)cc3)C2)c1.CCOC(=O)[C@H](CC(C)C)c1cc(-c2ccc(C(F)(F)F)cc2)cc(C2CCCN(C(CC)c3ccc(C(F)(F)F)cc3)C2)c1. The van der Waals surface area contributed by atoms with Crippen molar-refractivity contribution in [3.05, 3.63) is 189 Å². The summed E-state index contributed by atoms with van der Waals surface area (Å²) in [6.07, 6.45) is -11.7. The molecule has 0 N–H and O–H groups in total. The van der Waals surface area contributed by atoms with Crippen LogP contribution in [0.5, 0.6) is 0 Å². The monoisotopic (exact) mass is 1270 g/mol. The van der Waals surface area contributed by atoms with E-state index >= 15 is 0 Å². The highest BCUT2D eigenvalue weighted by molar-refractivity contribution is 5.80. The molecule has 0 aromatic heterocycles. The summed E-state index contributed by atoms with van der Waals surface area (Å²) in [6, 6.07) is 32.5. The number of hydrogen-bond acceptors (Lipinski definition) is 6. The Morgan fingerprint density at radius 2 is 0.722 bits per heavy atom. The number of esters is 2. The fourth-order valence-electron chi connectivity index (χ4n) is 12.7. The number of carbonyl (C=O) groups excluding carboxylic acids is 2. The molecular weight excluding hydrogens is 1180 g/mol. The number of benzene rings is 6. The van der Waals surface area contributed by atoms with Crippen LogP contribution in [0.25, 0.3) is 22.3 Å². The molecule has 0 saturated carbocycles. The van der Waals surface area contributed by atoms with Gasteiger partial charge in [-0.2, -0.15) is 52.7 Å². The quantitative estimate of drug-likeness (QED) is 0.0561. The van der Waals surface area contributed by atoms with Crippen LogP contribution in [0.15, 0.2) is 133 Å². The zero-order valence-electron chi connectivity index (χ0n) is 52.3. The average Bonchev–Trinajstić information content (AvgIpc) is 0.931. The Morgan fingerprint density at radius 1 is 0.422 bits per heavy atom. The maximum atomic E-state index is 13.3. The summed E-state index contributed by atoms with van der Waals surface area (Å²) in [5, 5.41) is 0. The van der Waals surface area contributed by atoms with Gasteiger partial charge in [0.2, 0.25) is 0 Å². The van der Waals surface area contributed by atoms with Gasteiger partial charge in [0.1, 0.15) is 0 Å². The summed E-state index contributed by atoms with van der Waals surface area (Å²) in [5.74, 6) is -1.24. The molecule has 8 rings (SSSR count).